The summed E-state index contributed by atoms with van der Waals surface area (Å²) in [7, 11) is 0. The van der Waals surface area contributed by atoms with Crippen LogP contribution in [-0.2, 0) is 4.74 Å². The number of hydrogen-bond acceptors (Lipinski definition) is 4. The van der Waals surface area contributed by atoms with Gasteiger partial charge in [-0.3, -0.25) is 0 Å². The van der Waals surface area contributed by atoms with Crippen molar-refractivity contribution in [3.05, 3.63) is 29.8 Å². The SMILES string of the molecule is CCCCSc1cccc(C(=O)OCCN(CC)CC)c1. The fourth-order valence-corrected chi connectivity index (χ4v) is 2.99. The molecule has 1 rings (SSSR count). The Labute approximate surface area is 133 Å². The summed E-state index contributed by atoms with van der Waals surface area (Å²) in [5, 5.41) is 0. The Kier molecular flexibility index (Phi) is 9.19. The molecule has 0 unspecified atom stereocenters. The summed E-state index contributed by atoms with van der Waals surface area (Å²) in [6.45, 7) is 9.63. The van der Waals surface area contributed by atoms with Crippen LogP contribution in [0.4, 0.5) is 0 Å². The highest BCUT2D eigenvalue weighted by Gasteiger charge is 2.08. The Balaban J connectivity index is 2.44. The third kappa shape index (κ3) is 7.00. The molecular formula is C17H27NO2S. The van der Waals surface area contributed by atoms with E-state index in [4.69, 9.17) is 4.74 Å². The molecule has 0 amide bonds. The molecule has 0 heterocycles. The average Bonchev–Trinajstić information content (AvgIpc) is 2.52. The fourth-order valence-electron chi connectivity index (χ4n) is 1.94. The van der Waals surface area contributed by atoms with Gasteiger partial charge in [-0.2, -0.15) is 0 Å². The number of hydrogen-bond donors (Lipinski definition) is 0. The highest BCUT2D eigenvalue weighted by atomic mass is 32.2. The fraction of sp³-hybridized carbons (Fsp3) is 0.588. The molecule has 0 fully saturated rings. The molecule has 0 saturated carbocycles. The van der Waals surface area contributed by atoms with Crippen molar-refractivity contribution in [2.24, 2.45) is 0 Å². The predicted molar refractivity (Wildman–Crippen MR) is 90.1 cm³/mol. The van der Waals surface area contributed by atoms with E-state index in [-0.39, 0.29) is 5.97 Å². The Bertz CT molecular complexity index is 419. The van der Waals surface area contributed by atoms with E-state index in [1.807, 2.05) is 24.3 Å². The summed E-state index contributed by atoms with van der Waals surface area (Å²) < 4.78 is 5.35. The molecule has 0 bridgehead atoms. The predicted octanol–water partition coefficient (Wildman–Crippen LogP) is 4.08. The zero-order valence-corrected chi connectivity index (χ0v) is 14.2. The second-order valence-electron chi connectivity index (χ2n) is 4.89. The molecular weight excluding hydrogens is 282 g/mol. The van der Waals surface area contributed by atoms with Gasteiger partial charge < -0.3 is 9.64 Å². The molecule has 0 radical (unpaired) electrons. The van der Waals surface area contributed by atoms with Crippen molar-refractivity contribution >= 4 is 17.7 Å². The van der Waals surface area contributed by atoms with Crippen LogP contribution in [0.15, 0.2) is 29.2 Å². The van der Waals surface area contributed by atoms with Crippen LogP contribution in [0.3, 0.4) is 0 Å². The summed E-state index contributed by atoms with van der Waals surface area (Å²) in [6, 6.07) is 7.73. The van der Waals surface area contributed by atoms with Crippen molar-refractivity contribution in [3.8, 4) is 0 Å². The van der Waals surface area contributed by atoms with Crippen LogP contribution in [0.1, 0.15) is 44.0 Å². The van der Waals surface area contributed by atoms with Gasteiger partial charge in [0.2, 0.25) is 0 Å². The molecule has 3 nitrogen and oxygen atoms in total. The third-order valence-corrected chi connectivity index (χ3v) is 4.45. The number of unbranched alkanes of at least 4 members (excludes halogenated alkanes) is 1. The first kappa shape index (κ1) is 18.1. The maximum Gasteiger partial charge on any atom is 0.338 e. The summed E-state index contributed by atoms with van der Waals surface area (Å²) in [4.78, 5) is 15.4. The molecule has 0 aliphatic carbocycles. The highest BCUT2D eigenvalue weighted by Crippen LogP contribution is 2.20. The summed E-state index contributed by atoms with van der Waals surface area (Å²) in [5.74, 6) is 0.872. The first-order valence-electron chi connectivity index (χ1n) is 7.83. The molecule has 0 atom stereocenters. The normalized spacial score (nSPS) is 10.9. The van der Waals surface area contributed by atoms with Gasteiger partial charge in [-0.1, -0.05) is 33.3 Å². The molecule has 1 aromatic rings. The van der Waals surface area contributed by atoms with E-state index in [1.54, 1.807) is 11.8 Å². The number of carbonyl (C=O) groups is 1. The van der Waals surface area contributed by atoms with E-state index < -0.39 is 0 Å². The molecule has 0 aliphatic rings. The van der Waals surface area contributed by atoms with E-state index in [0.717, 1.165) is 30.3 Å². The minimum Gasteiger partial charge on any atom is -0.461 e. The number of benzene rings is 1. The van der Waals surface area contributed by atoms with Crippen molar-refractivity contribution in [2.45, 2.75) is 38.5 Å². The molecule has 1 aromatic carbocycles. The number of rotatable bonds is 10. The molecule has 0 N–H and O–H groups in total. The van der Waals surface area contributed by atoms with Crippen LogP contribution in [0.25, 0.3) is 0 Å². The Hall–Kier alpha value is -1.00. The lowest BCUT2D eigenvalue weighted by Crippen LogP contribution is -2.27. The average molecular weight is 309 g/mol. The second kappa shape index (κ2) is 10.7. The van der Waals surface area contributed by atoms with Gasteiger partial charge in [0.05, 0.1) is 5.56 Å². The van der Waals surface area contributed by atoms with Crippen molar-refractivity contribution in [2.75, 3.05) is 32.0 Å². The van der Waals surface area contributed by atoms with Crippen molar-refractivity contribution in [3.63, 3.8) is 0 Å². The monoisotopic (exact) mass is 309 g/mol. The summed E-state index contributed by atoms with van der Waals surface area (Å²) in [6.07, 6.45) is 2.39. The van der Waals surface area contributed by atoms with Crippen molar-refractivity contribution < 1.29 is 9.53 Å². The standard InChI is InChI=1S/C17H27NO2S/c1-4-7-13-21-16-10-8-9-15(14-16)17(19)20-12-11-18(5-2)6-3/h8-10,14H,4-7,11-13H2,1-3H3. The highest BCUT2D eigenvalue weighted by molar-refractivity contribution is 7.99. The maximum absolute atomic E-state index is 12.0. The van der Waals surface area contributed by atoms with Crippen molar-refractivity contribution in [1.29, 1.82) is 0 Å². The molecule has 4 heteroatoms. The minimum atomic E-state index is -0.222. The number of nitrogens with zero attached hydrogens (tertiary/aromatic N) is 1. The third-order valence-electron chi connectivity index (χ3n) is 3.37. The van der Waals surface area contributed by atoms with Gasteiger partial charge in [0.1, 0.15) is 6.61 Å². The lowest BCUT2D eigenvalue weighted by atomic mass is 10.2. The molecule has 21 heavy (non-hydrogen) atoms. The Morgan fingerprint density at radius 2 is 2.00 bits per heavy atom. The van der Waals surface area contributed by atoms with Gasteiger partial charge in [-0.25, -0.2) is 4.79 Å². The quantitative estimate of drug-likeness (QED) is 0.370. The van der Waals surface area contributed by atoms with Gasteiger partial charge >= 0.3 is 5.97 Å². The summed E-state index contributed by atoms with van der Waals surface area (Å²) in [5.41, 5.74) is 0.649. The van der Waals surface area contributed by atoms with Gasteiger partial charge in [0.15, 0.2) is 0 Å². The molecule has 0 saturated heterocycles. The van der Waals surface area contributed by atoms with Gasteiger partial charge in [-0.15, -0.1) is 11.8 Å². The molecule has 0 aromatic heterocycles. The van der Waals surface area contributed by atoms with Gasteiger partial charge in [0.25, 0.3) is 0 Å². The number of likely N-dealkylation sites (N-methyl/N-ethyl adjacent to an activating group) is 1. The Morgan fingerprint density at radius 1 is 1.24 bits per heavy atom. The van der Waals surface area contributed by atoms with E-state index in [9.17, 15) is 4.79 Å². The van der Waals surface area contributed by atoms with Crippen molar-refractivity contribution in [1.82, 2.24) is 4.90 Å². The number of ether oxygens (including phenoxy) is 1. The lowest BCUT2D eigenvalue weighted by Gasteiger charge is -2.17. The zero-order chi connectivity index (χ0) is 15.5. The first-order valence-corrected chi connectivity index (χ1v) is 8.82. The molecule has 0 spiro atoms. The van der Waals surface area contributed by atoms with Gasteiger partial charge in [-0.05, 0) is 43.5 Å². The van der Waals surface area contributed by atoms with Crippen LogP contribution in [0.5, 0.6) is 0 Å². The first-order chi connectivity index (χ1) is 10.2. The Morgan fingerprint density at radius 3 is 2.67 bits per heavy atom. The van der Waals surface area contributed by atoms with Crippen LogP contribution in [-0.4, -0.2) is 42.9 Å². The van der Waals surface area contributed by atoms with Crippen LogP contribution < -0.4 is 0 Å². The maximum atomic E-state index is 12.0. The van der Waals surface area contributed by atoms with Crippen LogP contribution in [0, 0.1) is 0 Å². The lowest BCUT2D eigenvalue weighted by molar-refractivity contribution is 0.0466. The van der Waals surface area contributed by atoms with Crippen LogP contribution in [0.2, 0.25) is 0 Å². The van der Waals surface area contributed by atoms with E-state index in [1.165, 1.54) is 12.8 Å². The largest absolute Gasteiger partial charge is 0.461 e. The zero-order valence-electron chi connectivity index (χ0n) is 13.4. The molecule has 118 valence electrons. The van der Waals surface area contributed by atoms with Crippen LogP contribution >= 0.6 is 11.8 Å². The number of carbonyl (C=O) groups excluding carboxylic acids is 1. The van der Waals surface area contributed by atoms with Gasteiger partial charge in [0, 0.05) is 11.4 Å². The topological polar surface area (TPSA) is 29.5 Å². The summed E-state index contributed by atoms with van der Waals surface area (Å²) >= 11 is 1.80. The number of thioether (sulfide) groups is 1. The molecule has 0 aliphatic heterocycles. The smallest absolute Gasteiger partial charge is 0.338 e. The van der Waals surface area contributed by atoms with E-state index >= 15 is 0 Å². The minimum absolute atomic E-state index is 0.222. The van der Waals surface area contributed by atoms with E-state index in [2.05, 4.69) is 25.7 Å². The second-order valence-corrected chi connectivity index (χ2v) is 6.06. The van der Waals surface area contributed by atoms with E-state index in [0.29, 0.717) is 12.2 Å². The number of esters is 1.